The largest absolute Gasteiger partial charge is 0.459 e. The van der Waals surface area contributed by atoms with Crippen LogP contribution in [0.5, 0.6) is 0 Å². The van der Waals surface area contributed by atoms with E-state index in [2.05, 4.69) is 11.9 Å². The first-order valence-electron chi connectivity index (χ1n) is 8.96. The van der Waals surface area contributed by atoms with E-state index < -0.39 is 9.84 Å². The van der Waals surface area contributed by atoms with Crippen molar-refractivity contribution in [3.8, 4) is 22.7 Å². The summed E-state index contributed by atoms with van der Waals surface area (Å²) in [6.07, 6.45) is 3.34. The zero-order chi connectivity index (χ0) is 18.1. The summed E-state index contributed by atoms with van der Waals surface area (Å²) in [7, 11) is -2.90. The van der Waals surface area contributed by atoms with Crippen molar-refractivity contribution in [2.75, 3.05) is 11.5 Å². The number of aromatic nitrogens is 2. The van der Waals surface area contributed by atoms with Gasteiger partial charge in [-0.2, -0.15) is 0 Å². The molecule has 1 atom stereocenters. The van der Waals surface area contributed by atoms with E-state index in [1.54, 1.807) is 6.33 Å². The molecule has 3 aromatic rings. The Morgan fingerprint density at radius 1 is 1.19 bits per heavy atom. The van der Waals surface area contributed by atoms with Crippen LogP contribution in [0.3, 0.4) is 0 Å². The van der Waals surface area contributed by atoms with Gasteiger partial charge >= 0.3 is 0 Å². The molecule has 2 aromatic heterocycles. The fourth-order valence-corrected chi connectivity index (χ4v) is 5.43. The second-order valence-corrected chi connectivity index (χ2v) is 9.08. The Bertz CT molecular complexity index is 1000. The van der Waals surface area contributed by atoms with Crippen molar-refractivity contribution in [3.05, 3.63) is 54.6 Å². The molecular weight excluding hydrogens is 348 g/mol. The number of rotatable bonds is 5. The highest BCUT2D eigenvalue weighted by molar-refractivity contribution is 7.91. The SMILES string of the molecule is CCc1ccc(-c2c(-c3ccccc3)ncn2C[C@@H]2CCS(=O)(=O)C2)o1. The lowest BCUT2D eigenvalue weighted by Gasteiger charge is -2.12. The lowest BCUT2D eigenvalue weighted by molar-refractivity contribution is 0.482. The van der Waals surface area contributed by atoms with Crippen molar-refractivity contribution in [1.29, 1.82) is 0 Å². The Morgan fingerprint density at radius 3 is 2.65 bits per heavy atom. The summed E-state index contributed by atoms with van der Waals surface area (Å²) in [6.45, 7) is 2.69. The monoisotopic (exact) mass is 370 g/mol. The quantitative estimate of drug-likeness (QED) is 0.685. The fourth-order valence-electron chi connectivity index (χ4n) is 3.58. The van der Waals surface area contributed by atoms with Gasteiger partial charge in [-0.15, -0.1) is 0 Å². The van der Waals surface area contributed by atoms with Gasteiger partial charge in [-0.05, 0) is 24.5 Å². The average Bonchev–Trinajstić information content (AvgIpc) is 3.34. The molecular formula is C20H22N2O3S. The predicted octanol–water partition coefficient (Wildman–Crippen LogP) is 3.81. The molecule has 0 unspecified atom stereocenters. The molecule has 1 aromatic carbocycles. The van der Waals surface area contributed by atoms with Crippen molar-refractivity contribution in [1.82, 2.24) is 9.55 Å². The third kappa shape index (κ3) is 3.33. The molecule has 3 heterocycles. The summed E-state index contributed by atoms with van der Waals surface area (Å²) in [5.41, 5.74) is 2.80. The highest BCUT2D eigenvalue weighted by Gasteiger charge is 2.29. The van der Waals surface area contributed by atoms with Crippen LogP contribution in [-0.4, -0.2) is 29.5 Å². The number of hydrogen-bond donors (Lipinski definition) is 0. The van der Waals surface area contributed by atoms with E-state index in [1.807, 2.05) is 47.0 Å². The predicted molar refractivity (Wildman–Crippen MR) is 102 cm³/mol. The molecule has 5 nitrogen and oxygen atoms in total. The van der Waals surface area contributed by atoms with E-state index in [-0.39, 0.29) is 17.4 Å². The maximum atomic E-state index is 11.8. The fraction of sp³-hybridized carbons (Fsp3) is 0.350. The third-order valence-corrected chi connectivity index (χ3v) is 6.75. The van der Waals surface area contributed by atoms with Gasteiger partial charge in [0.05, 0.1) is 23.5 Å². The molecule has 0 radical (unpaired) electrons. The molecule has 0 amide bonds. The number of hydrogen-bond acceptors (Lipinski definition) is 4. The second kappa shape index (κ2) is 6.76. The van der Waals surface area contributed by atoms with Crippen LogP contribution in [0.1, 0.15) is 19.1 Å². The van der Waals surface area contributed by atoms with Gasteiger partial charge in [0.25, 0.3) is 0 Å². The second-order valence-electron chi connectivity index (χ2n) is 6.85. The van der Waals surface area contributed by atoms with Crippen molar-refractivity contribution in [2.45, 2.75) is 26.3 Å². The molecule has 6 heteroatoms. The van der Waals surface area contributed by atoms with Gasteiger partial charge in [-0.1, -0.05) is 37.3 Å². The van der Waals surface area contributed by atoms with Crippen molar-refractivity contribution < 1.29 is 12.8 Å². The number of sulfone groups is 1. The number of nitrogens with zero attached hydrogens (tertiary/aromatic N) is 2. The van der Waals surface area contributed by atoms with E-state index in [0.717, 1.165) is 34.9 Å². The average molecular weight is 370 g/mol. The lowest BCUT2D eigenvalue weighted by atomic mass is 10.1. The minimum absolute atomic E-state index is 0.122. The zero-order valence-corrected chi connectivity index (χ0v) is 15.6. The van der Waals surface area contributed by atoms with Gasteiger partial charge in [0, 0.05) is 18.5 Å². The molecule has 0 aliphatic carbocycles. The molecule has 0 spiro atoms. The Kier molecular flexibility index (Phi) is 4.44. The zero-order valence-electron chi connectivity index (χ0n) is 14.8. The summed E-state index contributed by atoms with van der Waals surface area (Å²) in [4.78, 5) is 4.63. The van der Waals surface area contributed by atoms with Crippen molar-refractivity contribution >= 4 is 9.84 Å². The van der Waals surface area contributed by atoms with Gasteiger partial charge in [0.15, 0.2) is 15.6 Å². The summed E-state index contributed by atoms with van der Waals surface area (Å²) in [5.74, 6) is 2.36. The molecule has 0 N–H and O–H groups in total. The Morgan fingerprint density at radius 2 is 2.00 bits per heavy atom. The first kappa shape index (κ1) is 17.1. The molecule has 0 saturated carbocycles. The summed E-state index contributed by atoms with van der Waals surface area (Å²) >= 11 is 0. The summed E-state index contributed by atoms with van der Waals surface area (Å²) in [6, 6.07) is 14.0. The van der Waals surface area contributed by atoms with Crippen LogP contribution in [0, 0.1) is 5.92 Å². The molecule has 136 valence electrons. The summed E-state index contributed by atoms with van der Waals surface area (Å²) < 4.78 is 31.7. The van der Waals surface area contributed by atoms with Crippen molar-refractivity contribution in [3.63, 3.8) is 0 Å². The van der Waals surface area contributed by atoms with Gasteiger partial charge in [-0.3, -0.25) is 0 Å². The van der Waals surface area contributed by atoms with Gasteiger partial charge in [0.2, 0.25) is 0 Å². The minimum Gasteiger partial charge on any atom is -0.459 e. The van der Waals surface area contributed by atoms with E-state index in [0.29, 0.717) is 13.0 Å². The minimum atomic E-state index is -2.90. The molecule has 26 heavy (non-hydrogen) atoms. The normalized spacial score (nSPS) is 19.0. The molecule has 1 aliphatic rings. The number of furan rings is 1. The molecule has 0 bridgehead atoms. The van der Waals surface area contributed by atoms with Crippen LogP contribution in [0.2, 0.25) is 0 Å². The maximum Gasteiger partial charge on any atom is 0.152 e. The van der Waals surface area contributed by atoms with Crippen molar-refractivity contribution in [2.24, 2.45) is 5.92 Å². The van der Waals surface area contributed by atoms with E-state index in [9.17, 15) is 8.42 Å². The lowest BCUT2D eigenvalue weighted by Crippen LogP contribution is -2.12. The third-order valence-electron chi connectivity index (χ3n) is 4.91. The number of imidazole rings is 1. The number of benzene rings is 1. The molecule has 4 rings (SSSR count). The Balaban J connectivity index is 1.75. The molecule has 1 saturated heterocycles. The first-order valence-corrected chi connectivity index (χ1v) is 10.8. The van der Waals surface area contributed by atoms with Crippen LogP contribution < -0.4 is 0 Å². The number of aryl methyl sites for hydroxylation is 1. The molecule has 1 aliphatic heterocycles. The van der Waals surface area contributed by atoms with E-state index in [4.69, 9.17) is 4.42 Å². The van der Waals surface area contributed by atoms with Gasteiger partial charge in [0.1, 0.15) is 11.5 Å². The van der Waals surface area contributed by atoms with Crippen LogP contribution in [0.25, 0.3) is 22.7 Å². The highest BCUT2D eigenvalue weighted by atomic mass is 32.2. The van der Waals surface area contributed by atoms with Crippen LogP contribution in [-0.2, 0) is 22.8 Å². The van der Waals surface area contributed by atoms with Gasteiger partial charge < -0.3 is 8.98 Å². The van der Waals surface area contributed by atoms with E-state index in [1.165, 1.54) is 0 Å². The van der Waals surface area contributed by atoms with Crippen LogP contribution in [0.4, 0.5) is 0 Å². The maximum absolute atomic E-state index is 11.8. The summed E-state index contributed by atoms with van der Waals surface area (Å²) in [5, 5.41) is 0. The smallest absolute Gasteiger partial charge is 0.152 e. The van der Waals surface area contributed by atoms with Crippen LogP contribution >= 0.6 is 0 Å². The van der Waals surface area contributed by atoms with E-state index >= 15 is 0 Å². The Hall–Kier alpha value is -2.34. The Labute approximate surface area is 153 Å². The molecule has 1 fully saturated rings. The standard InChI is InChI=1S/C20H22N2O3S/c1-2-17-8-9-18(25-17)20-19(16-6-4-3-5-7-16)21-14-22(20)12-15-10-11-26(23,24)13-15/h3-9,14-15H,2,10-13H2,1H3/t15-/m0/s1. The first-order chi connectivity index (χ1) is 12.6. The highest BCUT2D eigenvalue weighted by Crippen LogP contribution is 2.34. The van der Waals surface area contributed by atoms with Gasteiger partial charge in [-0.25, -0.2) is 13.4 Å². The van der Waals surface area contributed by atoms with Crippen LogP contribution in [0.15, 0.2) is 53.2 Å². The topological polar surface area (TPSA) is 65.1 Å².